The highest BCUT2D eigenvalue weighted by Crippen LogP contribution is 2.20. The Morgan fingerprint density at radius 2 is 2.33 bits per heavy atom. The smallest absolute Gasteiger partial charge is 0.0931 e. The van der Waals surface area contributed by atoms with Crippen molar-refractivity contribution in [3.8, 4) is 0 Å². The van der Waals surface area contributed by atoms with Gasteiger partial charge in [-0.25, -0.2) is 0 Å². The predicted octanol–water partition coefficient (Wildman–Crippen LogP) is 1.87. The molecule has 0 spiro atoms. The Morgan fingerprint density at radius 3 is 2.92 bits per heavy atom. The summed E-state index contributed by atoms with van der Waals surface area (Å²) >= 11 is 7.34. The van der Waals surface area contributed by atoms with E-state index in [4.69, 9.17) is 16.7 Å². The first-order valence-corrected chi connectivity index (χ1v) is 5.08. The molecule has 0 aromatic carbocycles. The first-order chi connectivity index (χ1) is 5.83. The molecule has 0 saturated carbocycles. The van der Waals surface area contributed by atoms with Crippen LogP contribution in [-0.2, 0) is 6.54 Å². The van der Waals surface area contributed by atoms with Crippen LogP contribution in [0.4, 0.5) is 0 Å². The monoisotopic (exact) mass is 205 g/mol. The highest BCUT2D eigenvalue weighted by molar-refractivity contribution is 7.16. The summed E-state index contributed by atoms with van der Waals surface area (Å²) in [6.07, 6.45) is 0.805. The number of aliphatic hydroxyl groups is 1. The number of hydrogen-bond donors (Lipinski definition) is 2. The second kappa shape index (κ2) is 5.54. The van der Waals surface area contributed by atoms with Crippen molar-refractivity contribution >= 4 is 22.9 Å². The Hall–Kier alpha value is -0.0900. The summed E-state index contributed by atoms with van der Waals surface area (Å²) in [6.45, 7) is 1.95. The summed E-state index contributed by atoms with van der Waals surface area (Å²) in [5.74, 6) is 0. The van der Waals surface area contributed by atoms with E-state index in [1.54, 1.807) is 11.3 Å². The molecule has 0 amide bonds. The van der Waals surface area contributed by atoms with Gasteiger partial charge in [-0.2, -0.15) is 0 Å². The summed E-state index contributed by atoms with van der Waals surface area (Å²) < 4.78 is 0.828. The summed E-state index contributed by atoms with van der Waals surface area (Å²) in [7, 11) is 0. The van der Waals surface area contributed by atoms with E-state index >= 15 is 0 Å². The Bertz CT molecular complexity index is 227. The van der Waals surface area contributed by atoms with E-state index in [0.29, 0.717) is 0 Å². The van der Waals surface area contributed by atoms with E-state index < -0.39 is 0 Å². The van der Waals surface area contributed by atoms with Crippen LogP contribution in [0.2, 0.25) is 4.34 Å². The lowest BCUT2D eigenvalue weighted by atomic mass is 10.4. The van der Waals surface area contributed by atoms with Gasteiger partial charge < -0.3 is 10.4 Å². The molecule has 1 rings (SSSR count). The highest BCUT2D eigenvalue weighted by atomic mass is 35.5. The predicted molar refractivity (Wildman–Crippen MR) is 52.7 cm³/mol. The number of halogens is 1. The number of nitrogens with one attached hydrogen (secondary N) is 1. The molecule has 0 aliphatic heterocycles. The molecule has 0 aliphatic rings. The van der Waals surface area contributed by atoms with E-state index in [1.165, 1.54) is 4.88 Å². The zero-order valence-corrected chi connectivity index (χ0v) is 8.29. The third-order valence-corrected chi connectivity index (χ3v) is 2.67. The van der Waals surface area contributed by atoms with Crippen LogP contribution in [0.5, 0.6) is 0 Å². The molecule has 68 valence electrons. The van der Waals surface area contributed by atoms with Crippen molar-refractivity contribution in [2.24, 2.45) is 0 Å². The SMILES string of the molecule is OCCCNCc1ccc(Cl)s1. The zero-order chi connectivity index (χ0) is 8.81. The lowest BCUT2D eigenvalue weighted by Crippen LogP contribution is -2.14. The van der Waals surface area contributed by atoms with Crippen LogP contribution in [-0.4, -0.2) is 18.3 Å². The summed E-state index contributed by atoms with van der Waals surface area (Å²) in [4.78, 5) is 1.23. The van der Waals surface area contributed by atoms with Crippen LogP contribution >= 0.6 is 22.9 Å². The molecule has 12 heavy (non-hydrogen) atoms. The normalized spacial score (nSPS) is 10.5. The van der Waals surface area contributed by atoms with E-state index in [0.717, 1.165) is 23.8 Å². The molecule has 1 aromatic heterocycles. The molecule has 1 heterocycles. The van der Waals surface area contributed by atoms with Crippen molar-refractivity contribution in [1.29, 1.82) is 0 Å². The van der Waals surface area contributed by atoms with E-state index in [9.17, 15) is 0 Å². The van der Waals surface area contributed by atoms with Crippen LogP contribution in [0.1, 0.15) is 11.3 Å². The fraction of sp³-hybridized carbons (Fsp3) is 0.500. The second-order valence-corrected chi connectivity index (χ2v) is 4.26. The molecule has 4 heteroatoms. The summed E-state index contributed by atoms with van der Waals surface area (Å²) in [5.41, 5.74) is 0. The molecular weight excluding hydrogens is 194 g/mol. The standard InChI is InChI=1S/C8H12ClNOS/c9-8-3-2-7(12-8)6-10-4-1-5-11/h2-3,10-11H,1,4-6H2. The van der Waals surface area contributed by atoms with Gasteiger partial charge in [-0.1, -0.05) is 11.6 Å². The lowest BCUT2D eigenvalue weighted by Gasteiger charge is -1.99. The van der Waals surface area contributed by atoms with Gasteiger partial charge in [0.25, 0.3) is 0 Å². The third kappa shape index (κ3) is 3.54. The molecule has 0 atom stereocenters. The van der Waals surface area contributed by atoms with Gasteiger partial charge in [0.15, 0.2) is 0 Å². The average molecular weight is 206 g/mol. The Balaban J connectivity index is 2.15. The quantitative estimate of drug-likeness (QED) is 0.720. The van der Waals surface area contributed by atoms with Crippen LogP contribution in [0.25, 0.3) is 0 Å². The van der Waals surface area contributed by atoms with E-state index in [2.05, 4.69) is 5.32 Å². The molecule has 0 radical (unpaired) electrons. The van der Waals surface area contributed by atoms with Crippen molar-refractivity contribution in [2.75, 3.05) is 13.2 Å². The maximum Gasteiger partial charge on any atom is 0.0931 e. The van der Waals surface area contributed by atoms with Crippen molar-refractivity contribution in [1.82, 2.24) is 5.32 Å². The van der Waals surface area contributed by atoms with Crippen molar-refractivity contribution in [3.63, 3.8) is 0 Å². The summed E-state index contributed by atoms with van der Waals surface area (Å²) in [5, 5.41) is 11.7. The average Bonchev–Trinajstić information content (AvgIpc) is 2.45. The lowest BCUT2D eigenvalue weighted by molar-refractivity contribution is 0.286. The Morgan fingerprint density at radius 1 is 1.50 bits per heavy atom. The molecule has 2 N–H and O–H groups in total. The number of hydrogen-bond acceptors (Lipinski definition) is 3. The van der Waals surface area contributed by atoms with Gasteiger partial charge in [0, 0.05) is 18.0 Å². The van der Waals surface area contributed by atoms with Crippen molar-refractivity contribution in [2.45, 2.75) is 13.0 Å². The minimum Gasteiger partial charge on any atom is -0.396 e. The first kappa shape index (κ1) is 9.99. The second-order valence-electron chi connectivity index (χ2n) is 2.46. The fourth-order valence-corrected chi connectivity index (χ4v) is 1.92. The Labute approximate surface area is 81.2 Å². The largest absolute Gasteiger partial charge is 0.396 e. The van der Waals surface area contributed by atoms with Gasteiger partial charge in [-0.3, -0.25) is 0 Å². The van der Waals surface area contributed by atoms with Crippen molar-refractivity contribution < 1.29 is 5.11 Å². The molecular formula is C8H12ClNOS. The number of rotatable bonds is 5. The maximum absolute atomic E-state index is 8.51. The van der Waals surface area contributed by atoms with Crippen LogP contribution in [0, 0.1) is 0 Å². The van der Waals surface area contributed by atoms with E-state index in [-0.39, 0.29) is 6.61 Å². The van der Waals surface area contributed by atoms with Crippen LogP contribution in [0.15, 0.2) is 12.1 Å². The van der Waals surface area contributed by atoms with Crippen LogP contribution in [0.3, 0.4) is 0 Å². The molecule has 0 unspecified atom stereocenters. The highest BCUT2D eigenvalue weighted by Gasteiger charge is 1.95. The van der Waals surface area contributed by atoms with Gasteiger partial charge in [0.2, 0.25) is 0 Å². The molecule has 1 aromatic rings. The number of thiophene rings is 1. The molecule has 0 aliphatic carbocycles. The third-order valence-electron chi connectivity index (χ3n) is 1.44. The molecule has 0 bridgehead atoms. The fourth-order valence-electron chi connectivity index (χ4n) is 0.862. The maximum atomic E-state index is 8.51. The first-order valence-electron chi connectivity index (χ1n) is 3.88. The minimum absolute atomic E-state index is 0.248. The van der Waals surface area contributed by atoms with E-state index in [1.807, 2.05) is 12.1 Å². The van der Waals surface area contributed by atoms with Gasteiger partial charge in [0.1, 0.15) is 0 Å². The molecule has 2 nitrogen and oxygen atoms in total. The number of aliphatic hydroxyl groups excluding tert-OH is 1. The minimum atomic E-state index is 0.248. The molecule has 0 saturated heterocycles. The summed E-state index contributed by atoms with van der Waals surface area (Å²) in [6, 6.07) is 3.91. The van der Waals surface area contributed by atoms with Gasteiger partial charge in [-0.15, -0.1) is 11.3 Å². The van der Waals surface area contributed by atoms with Gasteiger partial charge in [0.05, 0.1) is 4.34 Å². The molecule has 0 fully saturated rings. The van der Waals surface area contributed by atoms with Gasteiger partial charge >= 0.3 is 0 Å². The topological polar surface area (TPSA) is 32.3 Å². The van der Waals surface area contributed by atoms with Crippen molar-refractivity contribution in [3.05, 3.63) is 21.3 Å². The Kier molecular flexibility index (Phi) is 4.61. The zero-order valence-electron chi connectivity index (χ0n) is 6.72. The van der Waals surface area contributed by atoms with Crippen LogP contribution < -0.4 is 5.32 Å². The van der Waals surface area contributed by atoms with Gasteiger partial charge in [-0.05, 0) is 25.1 Å².